The predicted molar refractivity (Wildman–Crippen MR) is 54.6 cm³/mol. The molecule has 0 spiro atoms. The molecule has 1 aromatic rings. The molecule has 2 rings (SSSR count). The molecule has 0 atom stereocenters. The Morgan fingerprint density at radius 1 is 1.38 bits per heavy atom. The largest absolute Gasteiger partial charge is 0.330 e. The molecule has 0 saturated carbocycles. The summed E-state index contributed by atoms with van der Waals surface area (Å²) < 4.78 is 0. The van der Waals surface area contributed by atoms with E-state index in [0.29, 0.717) is 0 Å². The molecule has 1 aromatic carbocycles. The molecule has 70 valence electrons. The van der Waals surface area contributed by atoms with Crippen molar-refractivity contribution in [3.63, 3.8) is 0 Å². The summed E-state index contributed by atoms with van der Waals surface area (Å²) in [6.45, 7) is 2.88. The summed E-state index contributed by atoms with van der Waals surface area (Å²) in [7, 11) is 0. The third-order valence-corrected chi connectivity index (χ3v) is 2.66. The molecule has 13 heavy (non-hydrogen) atoms. The van der Waals surface area contributed by atoms with Crippen LogP contribution >= 0.6 is 0 Å². The molecule has 3 N–H and O–H groups in total. The van der Waals surface area contributed by atoms with Gasteiger partial charge in [-0.2, -0.15) is 0 Å². The van der Waals surface area contributed by atoms with Gasteiger partial charge in [-0.1, -0.05) is 18.2 Å². The highest BCUT2D eigenvalue weighted by atomic mass is 14.9. The summed E-state index contributed by atoms with van der Waals surface area (Å²) in [4.78, 5) is 0. The van der Waals surface area contributed by atoms with Crippen LogP contribution in [0.3, 0.4) is 0 Å². The summed E-state index contributed by atoms with van der Waals surface area (Å²) in [6.07, 6.45) is 2.17. The normalized spacial score (nSPS) is 15.5. The molecule has 2 nitrogen and oxygen atoms in total. The van der Waals surface area contributed by atoms with Gasteiger partial charge < -0.3 is 11.1 Å². The molecular formula is C11H16N2. The predicted octanol–water partition coefficient (Wildman–Crippen LogP) is 0.833. The number of hydrogen-bond acceptors (Lipinski definition) is 2. The number of benzene rings is 1. The van der Waals surface area contributed by atoms with Crippen LogP contribution in [0.2, 0.25) is 0 Å². The first-order valence-corrected chi connectivity index (χ1v) is 4.92. The van der Waals surface area contributed by atoms with Crippen molar-refractivity contribution in [2.75, 3.05) is 13.1 Å². The second kappa shape index (κ2) is 3.90. The highest BCUT2D eigenvalue weighted by Crippen LogP contribution is 2.18. The van der Waals surface area contributed by atoms with Crippen molar-refractivity contribution in [2.24, 2.45) is 5.73 Å². The van der Waals surface area contributed by atoms with Crippen molar-refractivity contribution in [3.05, 3.63) is 34.9 Å². The molecule has 2 heteroatoms. The smallest absolute Gasteiger partial charge is 0.0211 e. The average molecular weight is 176 g/mol. The Balaban J connectivity index is 2.34. The lowest BCUT2D eigenvalue weighted by molar-refractivity contribution is 0.637. The van der Waals surface area contributed by atoms with E-state index in [9.17, 15) is 0 Å². The average Bonchev–Trinajstić information content (AvgIpc) is 2.19. The molecular weight excluding hydrogens is 160 g/mol. The van der Waals surface area contributed by atoms with Crippen LogP contribution in [0.1, 0.15) is 16.7 Å². The minimum absolute atomic E-state index is 0.746. The molecule has 0 saturated heterocycles. The quantitative estimate of drug-likeness (QED) is 0.700. The van der Waals surface area contributed by atoms with Gasteiger partial charge in [0.1, 0.15) is 0 Å². The van der Waals surface area contributed by atoms with Gasteiger partial charge in [0.25, 0.3) is 0 Å². The number of hydrogen-bond donors (Lipinski definition) is 2. The lowest BCUT2D eigenvalue weighted by Crippen LogP contribution is -2.25. The molecule has 0 aromatic heterocycles. The fourth-order valence-corrected chi connectivity index (χ4v) is 1.98. The molecule has 1 heterocycles. The minimum Gasteiger partial charge on any atom is -0.330 e. The van der Waals surface area contributed by atoms with Crippen molar-refractivity contribution in [3.8, 4) is 0 Å². The van der Waals surface area contributed by atoms with Crippen molar-refractivity contribution >= 4 is 0 Å². The van der Waals surface area contributed by atoms with E-state index >= 15 is 0 Å². The van der Waals surface area contributed by atoms with E-state index in [4.69, 9.17) is 5.73 Å². The molecule has 0 radical (unpaired) electrons. The van der Waals surface area contributed by atoms with Crippen molar-refractivity contribution in [2.45, 2.75) is 19.4 Å². The monoisotopic (exact) mass is 176 g/mol. The standard InChI is InChI=1S/C11H16N2/c12-6-4-9-2-1-3-10-5-7-13-8-11(9)10/h1-3,13H,4-8,12H2. The Hall–Kier alpha value is -0.860. The van der Waals surface area contributed by atoms with E-state index < -0.39 is 0 Å². The first kappa shape index (κ1) is 8.73. The van der Waals surface area contributed by atoms with Crippen LogP contribution in [0.4, 0.5) is 0 Å². The minimum atomic E-state index is 0.746. The second-order valence-corrected chi connectivity index (χ2v) is 3.52. The van der Waals surface area contributed by atoms with Crippen LogP contribution in [0.25, 0.3) is 0 Å². The van der Waals surface area contributed by atoms with E-state index in [2.05, 4.69) is 23.5 Å². The van der Waals surface area contributed by atoms with Gasteiger partial charge in [-0.15, -0.1) is 0 Å². The molecule has 0 fully saturated rings. The number of nitrogens with one attached hydrogen (secondary N) is 1. The zero-order chi connectivity index (χ0) is 9.10. The van der Waals surface area contributed by atoms with E-state index in [1.165, 1.54) is 16.7 Å². The van der Waals surface area contributed by atoms with Crippen LogP contribution in [-0.4, -0.2) is 13.1 Å². The summed E-state index contributed by atoms with van der Waals surface area (Å²) in [5.41, 5.74) is 9.99. The number of nitrogens with two attached hydrogens (primary N) is 1. The van der Waals surface area contributed by atoms with Crippen LogP contribution in [0.15, 0.2) is 18.2 Å². The van der Waals surface area contributed by atoms with Gasteiger partial charge in [0.2, 0.25) is 0 Å². The van der Waals surface area contributed by atoms with E-state index in [-0.39, 0.29) is 0 Å². The topological polar surface area (TPSA) is 38.0 Å². The first-order chi connectivity index (χ1) is 6.42. The van der Waals surface area contributed by atoms with E-state index in [1.807, 2.05) is 0 Å². The van der Waals surface area contributed by atoms with Crippen LogP contribution in [0, 0.1) is 0 Å². The third-order valence-electron chi connectivity index (χ3n) is 2.66. The number of fused-ring (bicyclic) bond motifs is 1. The Bertz CT molecular complexity index is 294. The van der Waals surface area contributed by atoms with Gasteiger partial charge in [-0.05, 0) is 42.6 Å². The molecule has 0 aliphatic carbocycles. The van der Waals surface area contributed by atoms with Gasteiger partial charge in [0.05, 0.1) is 0 Å². The van der Waals surface area contributed by atoms with Crippen molar-refractivity contribution < 1.29 is 0 Å². The third kappa shape index (κ3) is 1.74. The highest BCUT2D eigenvalue weighted by Gasteiger charge is 2.10. The van der Waals surface area contributed by atoms with Crippen LogP contribution in [0.5, 0.6) is 0 Å². The molecule has 1 aliphatic rings. The van der Waals surface area contributed by atoms with E-state index in [0.717, 1.165) is 32.5 Å². The van der Waals surface area contributed by atoms with Gasteiger partial charge in [-0.25, -0.2) is 0 Å². The summed E-state index contributed by atoms with van der Waals surface area (Å²) in [5, 5.41) is 3.40. The van der Waals surface area contributed by atoms with Gasteiger partial charge in [0.15, 0.2) is 0 Å². The molecule has 1 aliphatic heterocycles. The lowest BCUT2D eigenvalue weighted by Gasteiger charge is -2.20. The maximum atomic E-state index is 5.57. The fraction of sp³-hybridized carbons (Fsp3) is 0.455. The Morgan fingerprint density at radius 3 is 3.15 bits per heavy atom. The van der Waals surface area contributed by atoms with Crippen LogP contribution in [-0.2, 0) is 19.4 Å². The Labute approximate surface area is 79.1 Å². The van der Waals surface area contributed by atoms with Gasteiger partial charge in [-0.3, -0.25) is 0 Å². The maximum absolute atomic E-state index is 5.57. The summed E-state index contributed by atoms with van der Waals surface area (Å²) >= 11 is 0. The summed E-state index contributed by atoms with van der Waals surface area (Å²) in [5.74, 6) is 0. The molecule has 0 amide bonds. The Morgan fingerprint density at radius 2 is 2.31 bits per heavy atom. The second-order valence-electron chi connectivity index (χ2n) is 3.52. The lowest BCUT2D eigenvalue weighted by atomic mass is 9.94. The van der Waals surface area contributed by atoms with Gasteiger partial charge >= 0.3 is 0 Å². The van der Waals surface area contributed by atoms with Crippen molar-refractivity contribution in [1.29, 1.82) is 0 Å². The number of rotatable bonds is 2. The van der Waals surface area contributed by atoms with Gasteiger partial charge in [0, 0.05) is 6.54 Å². The fourth-order valence-electron chi connectivity index (χ4n) is 1.98. The SMILES string of the molecule is NCCc1cccc2c1CNCC2. The van der Waals surface area contributed by atoms with Crippen LogP contribution < -0.4 is 11.1 Å². The maximum Gasteiger partial charge on any atom is 0.0211 e. The van der Waals surface area contributed by atoms with E-state index in [1.54, 1.807) is 0 Å². The zero-order valence-electron chi connectivity index (χ0n) is 7.84. The first-order valence-electron chi connectivity index (χ1n) is 4.92. The highest BCUT2D eigenvalue weighted by molar-refractivity contribution is 5.37. The Kier molecular flexibility index (Phi) is 2.62. The molecule has 0 unspecified atom stereocenters. The molecule has 0 bridgehead atoms. The van der Waals surface area contributed by atoms with Crippen molar-refractivity contribution in [1.82, 2.24) is 5.32 Å². The summed E-state index contributed by atoms with van der Waals surface area (Å²) in [6, 6.07) is 6.57. The zero-order valence-corrected chi connectivity index (χ0v) is 7.84.